The molecule has 2 saturated heterocycles. The lowest BCUT2D eigenvalue weighted by atomic mass is 9.91. The van der Waals surface area contributed by atoms with Crippen molar-refractivity contribution in [3.05, 3.63) is 23.8 Å². The molecule has 172 valence electrons. The molecule has 2 fully saturated rings. The molecule has 0 aromatic heterocycles. The van der Waals surface area contributed by atoms with Crippen LogP contribution in [0, 0.1) is 5.41 Å². The molecule has 0 atom stereocenters. The van der Waals surface area contributed by atoms with Crippen LogP contribution in [-0.2, 0) is 29.0 Å². The molecule has 31 heavy (non-hydrogen) atoms. The van der Waals surface area contributed by atoms with Gasteiger partial charge in [0.05, 0.1) is 42.6 Å². The highest BCUT2D eigenvalue weighted by atomic mass is 32.2. The summed E-state index contributed by atoms with van der Waals surface area (Å²) in [7, 11) is -3.78. The monoisotopic (exact) mass is 454 g/mol. The van der Waals surface area contributed by atoms with Gasteiger partial charge in [0.1, 0.15) is 0 Å². The van der Waals surface area contributed by atoms with Gasteiger partial charge in [-0.15, -0.1) is 0 Å². The molecule has 0 amide bonds. The molecule has 0 spiro atoms. The van der Waals surface area contributed by atoms with Crippen molar-refractivity contribution < 1.29 is 32.2 Å². The third-order valence-corrected chi connectivity index (χ3v) is 7.21. The first kappa shape index (κ1) is 23.6. The molecule has 0 bridgehead atoms. The van der Waals surface area contributed by atoms with Crippen LogP contribution in [0.15, 0.2) is 23.1 Å². The normalized spacial score (nSPS) is 18.6. The largest absolute Gasteiger partial charge is 0.454 e. The zero-order valence-corrected chi connectivity index (χ0v) is 19.1. The predicted octanol–water partition coefficient (Wildman–Crippen LogP) is 1.32. The Labute approximate surface area is 183 Å². The van der Waals surface area contributed by atoms with Crippen LogP contribution in [0.2, 0.25) is 0 Å². The average Bonchev–Trinajstić information content (AvgIpc) is 2.77. The maximum Gasteiger partial charge on any atom is 0.340 e. The van der Waals surface area contributed by atoms with Crippen molar-refractivity contribution in [1.82, 2.24) is 4.31 Å². The molecule has 0 unspecified atom stereocenters. The number of rotatable bonds is 6. The summed E-state index contributed by atoms with van der Waals surface area (Å²) in [6, 6.07) is 4.48. The number of esters is 1. The number of ketones is 1. The van der Waals surface area contributed by atoms with Crippen LogP contribution in [0.5, 0.6) is 0 Å². The number of carbonyl (C=O) groups excluding carboxylic acids is 2. The standard InChI is InChI=1S/C21H30N2O7S/c1-21(2,3)19(24)15-30-20(25)17-14-16(31(26,27)23-8-12-29-13-9-23)4-5-18(17)22-6-10-28-11-7-22/h4-5,14H,6-13,15H2,1-3H3. The van der Waals surface area contributed by atoms with Crippen LogP contribution in [0.4, 0.5) is 5.69 Å². The lowest BCUT2D eigenvalue weighted by molar-refractivity contribution is -0.129. The lowest BCUT2D eigenvalue weighted by Gasteiger charge is -2.31. The Kier molecular flexibility index (Phi) is 7.35. The van der Waals surface area contributed by atoms with Gasteiger partial charge in [-0.05, 0) is 18.2 Å². The first-order valence-electron chi connectivity index (χ1n) is 10.4. The number of hydrogen-bond acceptors (Lipinski definition) is 8. The Balaban J connectivity index is 1.91. The topological polar surface area (TPSA) is 102 Å². The zero-order valence-electron chi connectivity index (χ0n) is 18.3. The van der Waals surface area contributed by atoms with E-state index in [9.17, 15) is 18.0 Å². The first-order chi connectivity index (χ1) is 14.6. The van der Waals surface area contributed by atoms with E-state index in [0.29, 0.717) is 45.2 Å². The molecule has 2 aliphatic rings. The molecule has 0 radical (unpaired) electrons. The third kappa shape index (κ3) is 5.62. The second kappa shape index (κ2) is 9.64. The Hall–Kier alpha value is -2.01. The Morgan fingerprint density at radius 2 is 1.58 bits per heavy atom. The van der Waals surface area contributed by atoms with Crippen LogP contribution < -0.4 is 4.90 Å². The van der Waals surface area contributed by atoms with Crippen molar-refractivity contribution in [1.29, 1.82) is 0 Å². The van der Waals surface area contributed by atoms with E-state index < -0.39 is 21.4 Å². The van der Waals surface area contributed by atoms with E-state index in [2.05, 4.69) is 0 Å². The summed E-state index contributed by atoms with van der Waals surface area (Å²) < 4.78 is 43.4. The van der Waals surface area contributed by atoms with Gasteiger partial charge >= 0.3 is 5.97 Å². The van der Waals surface area contributed by atoms with E-state index in [1.807, 2.05) is 4.90 Å². The summed E-state index contributed by atoms with van der Waals surface area (Å²) in [6.07, 6.45) is 0. The number of benzene rings is 1. The summed E-state index contributed by atoms with van der Waals surface area (Å²) in [4.78, 5) is 27.1. The number of anilines is 1. The van der Waals surface area contributed by atoms with E-state index in [1.165, 1.54) is 16.4 Å². The Morgan fingerprint density at radius 1 is 1.00 bits per heavy atom. The number of ether oxygens (including phenoxy) is 3. The van der Waals surface area contributed by atoms with E-state index in [1.54, 1.807) is 26.8 Å². The van der Waals surface area contributed by atoms with Gasteiger partial charge in [0.15, 0.2) is 12.4 Å². The van der Waals surface area contributed by atoms with E-state index in [4.69, 9.17) is 14.2 Å². The van der Waals surface area contributed by atoms with E-state index in [0.717, 1.165) is 0 Å². The van der Waals surface area contributed by atoms with E-state index >= 15 is 0 Å². The van der Waals surface area contributed by atoms with Crippen molar-refractivity contribution in [2.45, 2.75) is 25.7 Å². The van der Waals surface area contributed by atoms with Gasteiger partial charge in [-0.2, -0.15) is 4.31 Å². The molecule has 0 aliphatic carbocycles. The molecule has 2 heterocycles. The van der Waals surface area contributed by atoms with Crippen molar-refractivity contribution >= 4 is 27.5 Å². The van der Waals surface area contributed by atoms with Crippen LogP contribution in [0.1, 0.15) is 31.1 Å². The highest BCUT2D eigenvalue weighted by Gasteiger charge is 2.30. The van der Waals surface area contributed by atoms with Gasteiger partial charge in [-0.1, -0.05) is 20.8 Å². The van der Waals surface area contributed by atoms with Gasteiger partial charge in [0.2, 0.25) is 10.0 Å². The maximum absolute atomic E-state index is 13.1. The SMILES string of the molecule is CC(C)(C)C(=O)COC(=O)c1cc(S(=O)(=O)N2CCOCC2)ccc1N1CCOCC1. The fourth-order valence-corrected chi connectivity index (χ4v) is 4.72. The quantitative estimate of drug-likeness (QED) is 0.593. The summed E-state index contributed by atoms with van der Waals surface area (Å²) in [5, 5.41) is 0. The average molecular weight is 455 g/mol. The van der Waals surface area contributed by atoms with Crippen molar-refractivity contribution in [2.75, 3.05) is 64.1 Å². The van der Waals surface area contributed by atoms with E-state index in [-0.39, 0.29) is 35.9 Å². The molecule has 1 aromatic carbocycles. The molecule has 0 N–H and O–H groups in total. The molecule has 1 aromatic rings. The minimum Gasteiger partial charge on any atom is -0.454 e. The maximum atomic E-state index is 13.1. The molecule has 3 rings (SSSR count). The fourth-order valence-electron chi connectivity index (χ4n) is 3.28. The molecule has 2 aliphatic heterocycles. The summed E-state index contributed by atoms with van der Waals surface area (Å²) in [6.45, 7) is 8.19. The summed E-state index contributed by atoms with van der Waals surface area (Å²) in [5.41, 5.74) is 0.0462. The lowest BCUT2D eigenvalue weighted by Crippen LogP contribution is -2.41. The molecule has 10 heteroatoms. The Bertz CT molecular complexity index is 912. The van der Waals surface area contributed by atoms with Crippen LogP contribution in [-0.4, -0.2) is 83.7 Å². The van der Waals surface area contributed by atoms with Crippen molar-refractivity contribution in [3.8, 4) is 0 Å². The summed E-state index contributed by atoms with van der Waals surface area (Å²) in [5.74, 6) is -0.941. The number of nitrogens with zero attached hydrogens (tertiary/aromatic N) is 2. The van der Waals surface area contributed by atoms with Gasteiger partial charge in [-0.25, -0.2) is 13.2 Å². The number of hydrogen-bond donors (Lipinski definition) is 0. The number of carbonyl (C=O) groups is 2. The van der Waals surface area contributed by atoms with Crippen LogP contribution in [0.25, 0.3) is 0 Å². The summed E-state index contributed by atoms with van der Waals surface area (Å²) >= 11 is 0. The van der Waals surface area contributed by atoms with Gasteiger partial charge in [0, 0.05) is 31.6 Å². The van der Waals surface area contributed by atoms with Crippen molar-refractivity contribution in [3.63, 3.8) is 0 Å². The highest BCUT2D eigenvalue weighted by Crippen LogP contribution is 2.28. The fraction of sp³-hybridized carbons (Fsp3) is 0.619. The number of morpholine rings is 2. The molecule has 0 saturated carbocycles. The second-order valence-electron chi connectivity index (χ2n) is 8.54. The van der Waals surface area contributed by atoms with Crippen LogP contribution in [0.3, 0.4) is 0 Å². The minimum atomic E-state index is -3.78. The molecular formula is C21H30N2O7S. The van der Waals surface area contributed by atoms with Gasteiger partial charge in [-0.3, -0.25) is 4.79 Å². The Morgan fingerprint density at radius 3 is 2.16 bits per heavy atom. The van der Waals surface area contributed by atoms with Gasteiger partial charge < -0.3 is 19.1 Å². The van der Waals surface area contributed by atoms with Crippen LogP contribution >= 0.6 is 0 Å². The van der Waals surface area contributed by atoms with Gasteiger partial charge in [0.25, 0.3) is 0 Å². The third-order valence-electron chi connectivity index (χ3n) is 5.32. The second-order valence-corrected chi connectivity index (χ2v) is 10.5. The number of Topliss-reactive ketones (excluding diaryl/α,β-unsaturated/α-hetero) is 1. The number of sulfonamides is 1. The highest BCUT2D eigenvalue weighted by molar-refractivity contribution is 7.89. The molecule has 9 nitrogen and oxygen atoms in total. The minimum absolute atomic E-state index is 0.0144. The molecular weight excluding hydrogens is 424 g/mol. The zero-order chi connectivity index (χ0) is 22.6. The predicted molar refractivity (Wildman–Crippen MR) is 114 cm³/mol. The first-order valence-corrected chi connectivity index (χ1v) is 11.8. The smallest absolute Gasteiger partial charge is 0.340 e. The van der Waals surface area contributed by atoms with Crippen molar-refractivity contribution in [2.24, 2.45) is 5.41 Å².